The molecule has 3 aromatic rings. The number of furan rings is 1. The molecule has 0 saturated heterocycles. The summed E-state index contributed by atoms with van der Waals surface area (Å²) in [7, 11) is 1.62. The van der Waals surface area contributed by atoms with Crippen molar-refractivity contribution in [3.05, 3.63) is 75.9 Å². The number of hydrogen-bond donors (Lipinski definition) is 0. The first kappa shape index (κ1) is 24.0. The van der Waals surface area contributed by atoms with Crippen LogP contribution in [0.2, 0.25) is 0 Å². The van der Waals surface area contributed by atoms with Crippen molar-refractivity contribution < 1.29 is 23.5 Å². The molecule has 0 bridgehead atoms. The van der Waals surface area contributed by atoms with Gasteiger partial charge in [-0.25, -0.2) is 0 Å². The fourth-order valence-corrected chi connectivity index (χ4v) is 5.07. The number of ether oxygens (including phenoxy) is 2. The molecule has 0 unspecified atom stereocenters. The molecule has 8 heteroatoms. The number of amides is 2. The van der Waals surface area contributed by atoms with Crippen molar-refractivity contribution in [3.63, 3.8) is 0 Å². The van der Waals surface area contributed by atoms with E-state index in [1.807, 2.05) is 36.1 Å². The van der Waals surface area contributed by atoms with Crippen LogP contribution in [0.5, 0.6) is 5.75 Å². The second-order valence-electron chi connectivity index (χ2n) is 8.33. The van der Waals surface area contributed by atoms with Gasteiger partial charge in [0.25, 0.3) is 5.91 Å². The molecular formula is C26H30N2O5S. The molecule has 34 heavy (non-hydrogen) atoms. The molecule has 3 heterocycles. The smallest absolute Gasteiger partial charge is 0.290 e. The van der Waals surface area contributed by atoms with Crippen molar-refractivity contribution in [2.45, 2.75) is 25.8 Å². The summed E-state index contributed by atoms with van der Waals surface area (Å²) >= 11 is 1.71. The Morgan fingerprint density at radius 2 is 2.03 bits per heavy atom. The van der Waals surface area contributed by atoms with Crippen LogP contribution in [0.25, 0.3) is 0 Å². The van der Waals surface area contributed by atoms with E-state index in [-0.39, 0.29) is 30.2 Å². The molecule has 180 valence electrons. The van der Waals surface area contributed by atoms with Crippen LogP contribution in [-0.2, 0) is 16.0 Å². The van der Waals surface area contributed by atoms with Gasteiger partial charge >= 0.3 is 0 Å². The highest BCUT2D eigenvalue weighted by atomic mass is 32.1. The molecule has 2 amide bonds. The molecule has 1 atom stereocenters. The van der Waals surface area contributed by atoms with Crippen molar-refractivity contribution in [2.75, 3.05) is 40.0 Å². The number of carbonyl (C=O) groups is 2. The molecule has 1 aliphatic heterocycles. The molecule has 1 aliphatic rings. The third-order valence-electron chi connectivity index (χ3n) is 5.97. The zero-order valence-electron chi connectivity index (χ0n) is 19.6. The quantitative estimate of drug-likeness (QED) is 0.402. The predicted molar refractivity (Wildman–Crippen MR) is 130 cm³/mol. The van der Waals surface area contributed by atoms with Crippen molar-refractivity contribution in [1.82, 2.24) is 9.80 Å². The molecule has 0 N–H and O–H groups in total. The fourth-order valence-electron chi connectivity index (χ4n) is 4.15. The highest BCUT2D eigenvalue weighted by molar-refractivity contribution is 7.10. The summed E-state index contributed by atoms with van der Waals surface area (Å²) in [5.41, 5.74) is 2.29. The molecule has 1 aromatic carbocycles. The van der Waals surface area contributed by atoms with E-state index in [4.69, 9.17) is 13.9 Å². The summed E-state index contributed by atoms with van der Waals surface area (Å²) < 4.78 is 16.5. The summed E-state index contributed by atoms with van der Waals surface area (Å²) in [5, 5.41) is 2.06. The Balaban J connectivity index is 1.50. The van der Waals surface area contributed by atoms with Gasteiger partial charge in [0.05, 0.1) is 12.3 Å². The highest BCUT2D eigenvalue weighted by Crippen LogP contribution is 2.34. The molecule has 0 saturated carbocycles. The van der Waals surface area contributed by atoms with E-state index in [1.54, 1.807) is 35.5 Å². The zero-order valence-corrected chi connectivity index (χ0v) is 20.4. The first-order valence-corrected chi connectivity index (χ1v) is 12.3. The molecule has 2 aromatic heterocycles. The molecule has 4 rings (SSSR count). The Hall–Kier alpha value is -3.10. The molecular weight excluding hydrogens is 452 g/mol. The minimum atomic E-state index is -0.296. The van der Waals surface area contributed by atoms with Gasteiger partial charge in [0, 0.05) is 31.7 Å². The van der Waals surface area contributed by atoms with Crippen LogP contribution in [0, 0.1) is 6.92 Å². The number of thiophene rings is 1. The monoisotopic (exact) mass is 482 g/mol. The lowest BCUT2D eigenvalue weighted by Crippen LogP contribution is -2.48. The van der Waals surface area contributed by atoms with Crippen LogP contribution in [0.15, 0.2) is 58.5 Å². The summed E-state index contributed by atoms with van der Waals surface area (Å²) in [6.07, 6.45) is 2.89. The number of benzene rings is 1. The molecule has 0 spiro atoms. The third-order valence-corrected chi connectivity index (χ3v) is 6.96. The second-order valence-corrected chi connectivity index (χ2v) is 9.33. The molecule has 0 radical (unpaired) electrons. The largest absolute Gasteiger partial charge is 0.491 e. The maximum absolute atomic E-state index is 13.5. The lowest BCUT2D eigenvalue weighted by atomic mass is 10.0. The lowest BCUT2D eigenvalue weighted by molar-refractivity contribution is -0.135. The molecule has 0 aliphatic carbocycles. The summed E-state index contributed by atoms with van der Waals surface area (Å²) in [6.45, 7) is 3.87. The number of aryl methyl sites for hydroxylation is 1. The normalized spacial score (nSPS) is 15.1. The Morgan fingerprint density at radius 3 is 2.76 bits per heavy atom. The minimum Gasteiger partial charge on any atom is -0.491 e. The fraction of sp³-hybridized carbons (Fsp3) is 0.385. The van der Waals surface area contributed by atoms with Gasteiger partial charge in [-0.05, 0) is 61.0 Å². The van der Waals surface area contributed by atoms with Crippen LogP contribution < -0.4 is 4.74 Å². The zero-order chi connectivity index (χ0) is 23.9. The number of nitrogens with zero attached hydrogens (tertiary/aromatic N) is 2. The van der Waals surface area contributed by atoms with E-state index in [0.29, 0.717) is 32.7 Å². The van der Waals surface area contributed by atoms with Crippen molar-refractivity contribution in [1.29, 1.82) is 0 Å². The number of fused-ring (bicyclic) bond motifs is 1. The van der Waals surface area contributed by atoms with Crippen LogP contribution in [0.4, 0.5) is 0 Å². The SMILES string of the molecule is COCCCN(CC(=O)N1CCc2sccc2[C@H]1COc1ccc(C)cc1)C(=O)c1ccco1. The van der Waals surface area contributed by atoms with Crippen LogP contribution in [-0.4, -0.2) is 61.6 Å². The van der Waals surface area contributed by atoms with E-state index in [0.717, 1.165) is 23.3 Å². The van der Waals surface area contributed by atoms with Crippen molar-refractivity contribution in [3.8, 4) is 5.75 Å². The first-order chi connectivity index (χ1) is 16.6. The van der Waals surface area contributed by atoms with Crippen LogP contribution in [0.1, 0.15) is 39.0 Å². The van der Waals surface area contributed by atoms with Gasteiger partial charge in [0.2, 0.25) is 5.91 Å². The van der Waals surface area contributed by atoms with Gasteiger partial charge in [-0.15, -0.1) is 11.3 Å². The molecule has 7 nitrogen and oxygen atoms in total. The van der Waals surface area contributed by atoms with Gasteiger partial charge in [0.15, 0.2) is 5.76 Å². The van der Waals surface area contributed by atoms with Gasteiger partial charge in [0.1, 0.15) is 18.9 Å². The van der Waals surface area contributed by atoms with Gasteiger partial charge < -0.3 is 23.7 Å². The topological polar surface area (TPSA) is 72.2 Å². The Labute approximate surface area is 203 Å². The van der Waals surface area contributed by atoms with E-state index in [2.05, 4.69) is 11.4 Å². The average Bonchev–Trinajstić information content (AvgIpc) is 3.55. The maximum Gasteiger partial charge on any atom is 0.290 e. The first-order valence-electron chi connectivity index (χ1n) is 11.4. The van der Waals surface area contributed by atoms with Crippen LogP contribution >= 0.6 is 11.3 Å². The summed E-state index contributed by atoms with van der Waals surface area (Å²) in [6, 6.07) is 13.1. The maximum atomic E-state index is 13.5. The summed E-state index contributed by atoms with van der Waals surface area (Å²) in [5.74, 6) is 0.597. The average molecular weight is 483 g/mol. The summed E-state index contributed by atoms with van der Waals surface area (Å²) in [4.78, 5) is 31.2. The lowest BCUT2D eigenvalue weighted by Gasteiger charge is -2.37. The van der Waals surface area contributed by atoms with Crippen molar-refractivity contribution >= 4 is 23.2 Å². The van der Waals surface area contributed by atoms with E-state index < -0.39 is 0 Å². The van der Waals surface area contributed by atoms with E-state index in [1.165, 1.54) is 11.1 Å². The minimum absolute atomic E-state index is 0.0241. The predicted octanol–water partition coefficient (Wildman–Crippen LogP) is 4.33. The Kier molecular flexibility index (Phi) is 8.03. The third kappa shape index (κ3) is 5.69. The number of carbonyl (C=O) groups excluding carboxylic acids is 2. The Morgan fingerprint density at radius 1 is 1.21 bits per heavy atom. The number of hydrogen-bond acceptors (Lipinski definition) is 6. The van der Waals surface area contributed by atoms with E-state index in [9.17, 15) is 9.59 Å². The standard InChI is InChI=1S/C26H30N2O5S/c1-19-6-8-20(9-7-19)33-18-22-21-11-16-34-24(21)10-13-28(22)25(29)17-27(12-4-14-31-2)26(30)23-5-3-15-32-23/h3,5-9,11,15-16,22H,4,10,12-14,17-18H2,1-2H3/t22-/m1/s1. The van der Waals surface area contributed by atoms with Gasteiger partial charge in [-0.1, -0.05) is 17.7 Å². The number of rotatable bonds is 10. The van der Waals surface area contributed by atoms with Crippen molar-refractivity contribution in [2.24, 2.45) is 0 Å². The van der Waals surface area contributed by atoms with Crippen LogP contribution in [0.3, 0.4) is 0 Å². The van der Waals surface area contributed by atoms with Gasteiger partial charge in [-0.2, -0.15) is 0 Å². The van der Waals surface area contributed by atoms with Gasteiger partial charge in [-0.3, -0.25) is 9.59 Å². The number of methoxy groups -OCH3 is 1. The van der Waals surface area contributed by atoms with E-state index >= 15 is 0 Å². The molecule has 0 fully saturated rings. The second kappa shape index (κ2) is 11.4. The highest BCUT2D eigenvalue weighted by Gasteiger charge is 2.34. The Bertz CT molecular complexity index is 1080.